The van der Waals surface area contributed by atoms with Crippen LogP contribution in [0.1, 0.15) is 12.0 Å². The van der Waals surface area contributed by atoms with Gasteiger partial charge in [0.25, 0.3) is 0 Å². The van der Waals surface area contributed by atoms with Gasteiger partial charge in [0, 0.05) is 29.2 Å². The lowest BCUT2D eigenvalue weighted by molar-refractivity contribution is 0.155. The van der Waals surface area contributed by atoms with Gasteiger partial charge < -0.3 is 4.74 Å². The topological polar surface area (TPSA) is 12.5 Å². The lowest BCUT2D eigenvalue weighted by Crippen LogP contribution is -2.31. The minimum atomic E-state index is -0.153. The van der Waals surface area contributed by atoms with Crippen LogP contribution >= 0.6 is 15.9 Å². The fourth-order valence-corrected chi connectivity index (χ4v) is 2.25. The Morgan fingerprint density at radius 3 is 3.00 bits per heavy atom. The highest BCUT2D eigenvalue weighted by atomic mass is 79.9. The van der Waals surface area contributed by atoms with Crippen LogP contribution in [0.3, 0.4) is 0 Å². The summed E-state index contributed by atoms with van der Waals surface area (Å²) in [6.45, 7) is 2.21. The first-order chi connectivity index (χ1) is 7.66. The van der Waals surface area contributed by atoms with Gasteiger partial charge in [-0.1, -0.05) is 22.0 Å². The van der Waals surface area contributed by atoms with Crippen molar-refractivity contribution in [1.29, 1.82) is 0 Å². The molecule has 0 bridgehead atoms. The summed E-state index contributed by atoms with van der Waals surface area (Å²) in [5.41, 5.74) is 0.734. The van der Waals surface area contributed by atoms with Crippen molar-refractivity contribution in [2.45, 2.75) is 19.0 Å². The summed E-state index contributed by atoms with van der Waals surface area (Å²) in [7, 11) is 2.01. The maximum Gasteiger partial charge on any atom is 0.128 e. The number of ether oxygens (including phenoxy) is 1. The van der Waals surface area contributed by atoms with E-state index in [0.29, 0.717) is 12.6 Å². The highest BCUT2D eigenvalue weighted by molar-refractivity contribution is 9.10. The minimum absolute atomic E-state index is 0.153. The van der Waals surface area contributed by atoms with Gasteiger partial charge >= 0.3 is 0 Å². The molecule has 0 N–H and O–H groups in total. The average Bonchev–Trinajstić information content (AvgIpc) is 2.75. The predicted molar refractivity (Wildman–Crippen MR) is 64.8 cm³/mol. The molecule has 1 saturated heterocycles. The summed E-state index contributed by atoms with van der Waals surface area (Å²) in [5, 5.41) is 0. The Morgan fingerprint density at radius 2 is 2.38 bits per heavy atom. The van der Waals surface area contributed by atoms with Crippen molar-refractivity contribution < 1.29 is 9.13 Å². The molecular formula is C12H15BrFNO. The Balaban J connectivity index is 2.02. The maximum atomic E-state index is 13.6. The fourth-order valence-electron chi connectivity index (χ4n) is 1.92. The van der Waals surface area contributed by atoms with Crippen molar-refractivity contribution in [3.05, 3.63) is 34.1 Å². The maximum absolute atomic E-state index is 13.6. The van der Waals surface area contributed by atoms with Gasteiger partial charge in [0.15, 0.2) is 0 Å². The Morgan fingerprint density at radius 1 is 1.56 bits per heavy atom. The number of rotatable bonds is 3. The van der Waals surface area contributed by atoms with Crippen LogP contribution in [0.25, 0.3) is 0 Å². The van der Waals surface area contributed by atoms with E-state index >= 15 is 0 Å². The van der Waals surface area contributed by atoms with E-state index in [9.17, 15) is 4.39 Å². The lowest BCUT2D eigenvalue weighted by Gasteiger charge is -2.23. The van der Waals surface area contributed by atoms with Gasteiger partial charge in [-0.3, -0.25) is 4.90 Å². The predicted octanol–water partition coefficient (Wildman–Crippen LogP) is 2.81. The Kier molecular flexibility index (Phi) is 3.95. The fraction of sp³-hybridized carbons (Fsp3) is 0.500. The minimum Gasteiger partial charge on any atom is -0.380 e. The van der Waals surface area contributed by atoms with E-state index in [1.165, 1.54) is 6.07 Å². The average molecular weight is 288 g/mol. The number of halogens is 2. The van der Waals surface area contributed by atoms with Crippen molar-refractivity contribution in [2.24, 2.45) is 0 Å². The van der Waals surface area contributed by atoms with Crippen molar-refractivity contribution >= 4 is 15.9 Å². The molecular weight excluding hydrogens is 273 g/mol. The van der Waals surface area contributed by atoms with Crippen LogP contribution in [-0.2, 0) is 11.3 Å². The molecule has 1 fully saturated rings. The number of nitrogens with zero attached hydrogens (tertiary/aromatic N) is 1. The van der Waals surface area contributed by atoms with Gasteiger partial charge in [-0.05, 0) is 25.6 Å². The molecule has 0 aromatic heterocycles. The molecule has 1 aromatic carbocycles. The number of hydrogen-bond donors (Lipinski definition) is 0. The quantitative estimate of drug-likeness (QED) is 0.848. The van der Waals surface area contributed by atoms with E-state index < -0.39 is 0 Å². The molecule has 1 heterocycles. The molecule has 1 atom stereocenters. The molecule has 1 aliphatic rings. The van der Waals surface area contributed by atoms with Crippen LogP contribution < -0.4 is 0 Å². The summed E-state index contributed by atoms with van der Waals surface area (Å²) in [6, 6.07) is 5.63. The largest absolute Gasteiger partial charge is 0.380 e. The molecule has 1 aliphatic heterocycles. The van der Waals surface area contributed by atoms with Crippen LogP contribution in [0.5, 0.6) is 0 Å². The normalized spacial score (nSPS) is 20.6. The number of hydrogen-bond acceptors (Lipinski definition) is 2. The third-order valence-corrected chi connectivity index (χ3v) is 3.46. The van der Waals surface area contributed by atoms with E-state index in [4.69, 9.17) is 4.74 Å². The second-order valence-corrected chi connectivity index (χ2v) is 5.08. The van der Waals surface area contributed by atoms with Gasteiger partial charge in [0.05, 0.1) is 6.61 Å². The van der Waals surface area contributed by atoms with E-state index in [1.807, 2.05) is 19.2 Å². The summed E-state index contributed by atoms with van der Waals surface area (Å²) in [4.78, 5) is 2.15. The van der Waals surface area contributed by atoms with Crippen molar-refractivity contribution in [2.75, 3.05) is 20.3 Å². The standard InChI is InChI=1S/C12H15BrFNO/c1-15(11-4-5-16-8-11)7-9-2-3-10(13)6-12(9)14/h2-3,6,11H,4-5,7-8H2,1H3. The first-order valence-corrected chi connectivity index (χ1v) is 6.18. The molecule has 2 nitrogen and oxygen atoms in total. The molecule has 1 aromatic rings. The Bertz CT molecular complexity index is 366. The van der Waals surface area contributed by atoms with Crippen LogP contribution in [-0.4, -0.2) is 31.2 Å². The number of likely N-dealkylation sites (N-methyl/N-ethyl adjacent to an activating group) is 1. The highest BCUT2D eigenvalue weighted by Crippen LogP contribution is 2.19. The van der Waals surface area contributed by atoms with Crippen LogP contribution in [0.2, 0.25) is 0 Å². The van der Waals surface area contributed by atoms with E-state index in [0.717, 1.165) is 29.7 Å². The molecule has 0 saturated carbocycles. The first-order valence-electron chi connectivity index (χ1n) is 5.39. The zero-order valence-corrected chi connectivity index (χ0v) is 10.8. The summed E-state index contributed by atoms with van der Waals surface area (Å²) < 4.78 is 19.7. The summed E-state index contributed by atoms with van der Waals surface area (Å²) in [6.07, 6.45) is 1.04. The van der Waals surface area contributed by atoms with Crippen LogP contribution in [0, 0.1) is 5.82 Å². The molecule has 0 radical (unpaired) electrons. The first kappa shape index (κ1) is 12.0. The molecule has 4 heteroatoms. The van der Waals surface area contributed by atoms with Gasteiger partial charge in [0.2, 0.25) is 0 Å². The van der Waals surface area contributed by atoms with E-state index in [1.54, 1.807) is 0 Å². The van der Waals surface area contributed by atoms with Crippen molar-refractivity contribution in [1.82, 2.24) is 4.90 Å². The van der Waals surface area contributed by atoms with Crippen molar-refractivity contribution in [3.8, 4) is 0 Å². The molecule has 1 unspecified atom stereocenters. The van der Waals surface area contributed by atoms with Gasteiger partial charge in [0.1, 0.15) is 5.82 Å². The monoisotopic (exact) mass is 287 g/mol. The second-order valence-electron chi connectivity index (χ2n) is 4.17. The number of benzene rings is 1. The third-order valence-electron chi connectivity index (χ3n) is 2.96. The van der Waals surface area contributed by atoms with Crippen LogP contribution in [0.15, 0.2) is 22.7 Å². The Labute approximate surface area is 104 Å². The zero-order valence-electron chi connectivity index (χ0n) is 9.25. The summed E-state index contributed by atoms with van der Waals surface area (Å²) in [5.74, 6) is -0.153. The third kappa shape index (κ3) is 2.81. The SMILES string of the molecule is CN(Cc1ccc(Br)cc1F)C1CCOC1. The summed E-state index contributed by atoms with van der Waals surface area (Å²) >= 11 is 3.26. The molecule has 2 rings (SSSR count). The zero-order chi connectivity index (χ0) is 11.5. The van der Waals surface area contributed by atoms with Gasteiger partial charge in [-0.2, -0.15) is 0 Å². The smallest absolute Gasteiger partial charge is 0.128 e. The molecule has 88 valence electrons. The highest BCUT2D eigenvalue weighted by Gasteiger charge is 2.20. The van der Waals surface area contributed by atoms with E-state index in [-0.39, 0.29) is 5.82 Å². The van der Waals surface area contributed by atoms with Crippen molar-refractivity contribution in [3.63, 3.8) is 0 Å². The Hall–Kier alpha value is -0.450. The molecule has 0 aliphatic carbocycles. The molecule has 0 spiro atoms. The second kappa shape index (κ2) is 5.25. The van der Waals surface area contributed by atoms with Crippen LogP contribution in [0.4, 0.5) is 4.39 Å². The van der Waals surface area contributed by atoms with E-state index in [2.05, 4.69) is 20.8 Å². The lowest BCUT2D eigenvalue weighted by atomic mass is 10.1. The van der Waals surface area contributed by atoms with Gasteiger partial charge in [-0.15, -0.1) is 0 Å². The molecule has 0 amide bonds. The van der Waals surface area contributed by atoms with Gasteiger partial charge in [-0.25, -0.2) is 4.39 Å². The molecule has 16 heavy (non-hydrogen) atoms.